The quantitative estimate of drug-likeness (QED) is 0.701. The second-order valence-electron chi connectivity index (χ2n) is 5.99. The Labute approximate surface area is 148 Å². The van der Waals surface area contributed by atoms with Gasteiger partial charge in [0.25, 0.3) is 5.91 Å². The predicted octanol–water partition coefficient (Wildman–Crippen LogP) is 4.26. The highest BCUT2D eigenvalue weighted by atomic mass is 32.1. The first-order valence-electron chi connectivity index (χ1n) is 8.26. The van der Waals surface area contributed by atoms with Gasteiger partial charge in [-0.15, -0.1) is 0 Å². The van der Waals surface area contributed by atoms with Crippen LogP contribution in [0.25, 0.3) is 10.2 Å². The van der Waals surface area contributed by atoms with Crippen LogP contribution in [0.5, 0.6) is 0 Å². The molecule has 1 fully saturated rings. The van der Waals surface area contributed by atoms with E-state index >= 15 is 0 Å². The number of fused-ring (bicyclic) bond motifs is 1. The summed E-state index contributed by atoms with van der Waals surface area (Å²) in [6.07, 6.45) is 1.83. The van der Waals surface area contributed by atoms with Gasteiger partial charge in [-0.25, -0.2) is 9.37 Å². The van der Waals surface area contributed by atoms with Crippen molar-refractivity contribution in [3.8, 4) is 0 Å². The normalized spacial score (nSPS) is 17.1. The van der Waals surface area contributed by atoms with E-state index in [0.29, 0.717) is 18.3 Å². The first kappa shape index (κ1) is 16.2. The first-order valence-corrected chi connectivity index (χ1v) is 9.07. The van der Waals surface area contributed by atoms with Crippen molar-refractivity contribution in [3.63, 3.8) is 0 Å². The van der Waals surface area contributed by atoms with Crippen molar-refractivity contribution in [2.45, 2.75) is 18.9 Å². The lowest BCUT2D eigenvalue weighted by Gasteiger charge is -2.23. The zero-order chi connectivity index (χ0) is 17.2. The standard InChI is InChI=1S/C19H17FN2O2S/c20-15-8-2-1-7-14(15)18(23)22(12-13-6-5-11-24-13)19-21-16-9-3-4-10-17(16)25-19/h1-4,7-10,13H,5-6,11-12H2/t13-/m1/s1. The van der Waals surface area contributed by atoms with Gasteiger partial charge in [-0.05, 0) is 37.1 Å². The molecule has 2 aromatic carbocycles. The number of thiazole rings is 1. The molecular weight excluding hydrogens is 339 g/mol. The van der Waals surface area contributed by atoms with Gasteiger partial charge in [0, 0.05) is 6.61 Å². The number of rotatable bonds is 4. The van der Waals surface area contributed by atoms with Crippen LogP contribution in [0, 0.1) is 5.82 Å². The second kappa shape index (κ2) is 6.90. The van der Waals surface area contributed by atoms with E-state index in [9.17, 15) is 9.18 Å². The largest absolute Gasteiger partial charge is 0.376 e. The number of carbonyl (C=O) groups is 1. The summed E-state index contributed by atoms with van der Waals surface area (Å²) in [6, 6.07) is 13.8. The molecule has 0 saturated carbocycles. The fourth-order valence-corrected chi connectivity index (χ4v) is 3.97. The summed E-state index contributed by atoms with van der Waals surface area (Å²) in [7, 11) is 0. The SMILES string of the molecule is O=C(c1ccccc1F)N(C[C@H]1CCCO1)c1nc2ccccc2s1. The fraction of sp³-hybridized carbons (Fsp3) is 0.263. The van der Waals surface area contributed by atoms with Gasteiger partial charge in [0.15, 0.2) is 5.13 Å². The van der Waals surface area contributed by atoms with Crippen molar-refractivity contribution in [3.05, 3.63) is 59.9 Å². The summed E-state index contributed by atoms with van der Waals surface area (Å²) in [5.41, 5.74) is 0.890. The number of halogens is 1. The first-order chi connectivity index (χ1) is 12.2. The fourth-order valence-electron chi connectivity index (χ4n) is 3.00. The molecular formula is C19H17FN2O2S. The van der Waals surface area contributed by atoms with Gasteiger partial charge in [-0.3, -0.25) is 9.69 Å². The Hall–Kier alpha value is -2.31. The molecule has 0 bridgehead atoms. The zero-order valence-electron chi connectivity index (χ0n) is 13.5. The monoisotopic (exact) mass is 356 g/mol. The molecule has 0 spiro atoms. The smallest absolute Gasteiger partial charge is 0.263 e. The van der Waals surface area contributed by atoms with E-state index < -0.39 is 5.82 Å². The summed E-state index contributed by atoms with van der Waals surface area (Å²) in [5.74, 6) is -0.904. The summed E-state index contributed by atoms with van der Waals surface area (Å²) in [5, 5.41) is 0.574. The van der Waals surface area contributed by atoms with Gasteiger partial charge in [-0.2, -0.15) is 0 Å². The van der Waals surface area contributed by atoms with Crippen LogP contribution in [-0.2, 0) is 4.74 Å². The topological polar surface area (TPSA) is 42.4 Å². The molecule has 1 saturated heterocycles. The van der Waals surface area contributed by atoms with E-state index in [1.165, 1.54) is 23.5 Å². The molecule has 25 heavy (non-hydrogen) atoms. The van der Waals surface area contributed by atoms with Crippen molar-refractivity contribution < 1.29 is 13.9 Å². The molecule has 6 heteroatoms. The lowest BCUT2D eigenvalue weighted by atomic mass is 10.1. The maximum Gasteiger partial charge on any atom is 0.263 e. The van der Waals surface area contributed by atoms with Crippen LogP contribution < -0.4 is 4.90 Å². The minimum Gasteiger partial charge on any atom is -0.376 e. The minimum absolute atomic E-state index is 0.0391. The highest BCUT2D eigenvalue weighted by Crippen LogP contribution is 2.31. The number of hydrogen-bond donors (Lipinski definition) is 0. The van der Waals surface area contributed by atoms with Crippen LogP contribution in [0.15, 0.2) is 48.5 Å². The molecule has 0 radical (unpaired) electrons. The maximum atomic E-state index is 14.1. The lowest BCUT2D eigenvalue weighted by Crippen LogP contribution is -2.37. The summed E-state index contributed by atoms with van der Waals surface area (Å²) >= 11 is 1.43. The number of para-hydroxylation sites is 1. The maximum absolute atomic E-state index is 14.1. The number of amides is 1. The van der Waals surface area contributed by atoms with E-state index in [-0.39, 0.29) is 17.6 Å². The van der Waals surface area contributed by atoms with E-state index in [4.69, 9.17) is 4.74 Å². The van der Waals surface area contributed by atoms with Crippen molar-refractivity contribution in [2.24, 2.45) is 0 Å². The molecule has 1 amide bonds. The van der Waals surface area contributed by atoms with E-state index in [2.05, 4.69) is 4.98 Å². The highest BCUT2D eigenvalue weighted by Gasteiger charge is 2.28. The molecule has 1 atom stereocenters. The third kappa shape index (κ3) is 3.27. The van der Waals surface area contributed by atoms with Crippen molar-refractivity contribution in [1.29, 1.82) is 0 Å². The number of nitrogens with zero attached hydrogens (tertiary/aromatic N) is 2. The number of carbonyl (C=O) groups excluding carboxylic acids is 1. The van der Waals surface area contributed by atoms with Crippen molar-refractivity contribution in [1.82, 2.24) is 4.98 Å². The van der Waals surface area contributed by atoms with Crippen LogP contribution in [0.4, 0.5) is 9.52 Å². The van der Waals surface area contributed by atoms with Gasteiger partial charge < -0.3 is 4.74 Å². The predicted molar refractivity (Wildman–Crippen MR) is 96.7 cm³/mol. The summed E-state index contributed by atoms with van der Waals surface area (Å²) in [6.45, 7) is 1.08. The number of hydrogen-bond acceptors (Lipinski definition) is 4. The molecule has 3 aromatic rings. The van der Waals surface area contributed by atoms with Crippen LogP contribution in [-0.4, -0.2) is 30.1 Å². The Morgan fingerprint density at radius 2 is 2.04 bits per heavy atom. The average molecular weight is 356 g/mol. The number of ether oxygens (including phenoxy) is 1. The molecule has 4 nitrogen and oxygen atoms in total. The zero-order valence-corrected chi connectivity index (χ0v) is 14.3. The van der Waals surface area contributed by atoms with Gasteiger partial charge >= 0.3 is 0 Å². The molecule has 1 aromatic heterocycles. The highest BCUT2D eigenvalue weighted by molar-refractivity contribution is 7.22. The van der Waals surface area contributed by atoms with Crippen molar-refractivity contribution >= 4 is 32.6 Å². The van der Waals surface area contributed by atoms with Crippen LogP contribution in [0.3, 0.4) is 0 Å². The Kier molecular flexibility index (Phi) is 4.46. The molecule has 1 aliphatic heterocycles. The van der Waals surface area contributed by atoms with E-state index in [1.807, 2.05) is 24.3 Å². The number of anilines is 1. The minimum atomic E-state index is -0.522. The summed E-state index contributed by atoms with van der Waals surface area (Å²) < 4.78 is 20.8. The van der Waals surface area contributed by atoms with E-state index in [0.717, 1.165) is 23.1 Å². The van der Waals surface area contributed by atoms with Gasteiger partial charge in [-0.1, -0.05) is 35.6 Å². The van der Waals surface area contributed by atoms with Crippen molar-refractivity contribution in [2.75, 3.05) is 18.1 Å². The second-order valence-corrected chi connectivity index (χ2v) is 7.00. The van der Waals surface area contributed by atoms with Gasteiger partial charge in [0.05, 0.1) is 28.4 Å². The average Bonchev–Trinajstić information content (AvgIpc) is 3.28. The Morgan fingerprint density at radius 1 is 1.24 bits per heavy atom. The van der Waals surface area contributed by atoms with E-state index in [1.54, 1.807) is 17.0 Å². The molecule has 0 aliphatic carbocycles. The molecule has 0 unspecified atom stereocenters. The summed E-state index contributed by atoms with van der Waals surface area (Å²) in [4.78, 5) is 19.2. The molecule has 0 N–H and O–H groups in total. The Bertz CT molecular complexity index is 872. The molecule has 2 heterocycles. The van der Waals surface area contributed by atoms with Crippen LogP contribution in [0.1, 0.15) is 23.2 Å². The number of benzene rings is 2. The van der Waals surface area contributed by atoms with Crippen LogP contribution in [0.2, 0.25) is 0 Å². The van der Waals surface area contributed by atoms with Gasteiger partial charge in [0.2, 0.25) is 0 Å². The lowest BCUT2D eigenvalue weighted by molar-refractivity contribution is 0.0914. The Morgan fingerprint density at radius 3 is 2.80 bits per heavy atom. The number of aromatic nitrogens is 1. The Balaban J connectivity index is 1.72. The molecule has 4 rings (SSSR count). The van der Waals surface area contributed by atoms with Crippen LogP contribution >= 0.6 is 11.3 Å². The third-order valence-electron chi connectivity index (χ3n) is 4.27. The van der Waals surface area contributed by atoms with Gasteiger partial charge in [0.1, 0.15) is 5.82 Å². The molecule has 128 valence electrons. The third-order valence-corrected chi connectivity index (χ3v) is 5.33. The molecule has 1 aliphatic rings.